The highest BCUT2D eigenvalue weighted by Crippen LogP contribution is 2.24. The number of aryl methyl sites for hydroxylation is 1. The molecule has 184 valence electrons. The van der Waals surface area contributed by atoms with Gasteiger partial charge in [-0.05, 0) is 73.4 Å². The fraction of sp³-hybridized carbons (Fsp3) is 0.333. The topological polar surface area (TPSA) is 68.1 Å². The summed E-state index contributed by atoms with van der Waals surface area (Å²) in [6.07, 6.45) is 9.62. The van der Waals surface area contributed by atoms with Gasteiger partial charge in [-0.3, -0.25) is 4.99 Å². The Balaban J connectivity index is 1.54. The van der Waals surface area contributed by atoms with Gasteiger partial charge in [0, 0.05) is 17.8 Å². The van der Waals surface area contributed by atoms with E-state index in [1.54, 1.807) is 42.6 Å². The van der Waals surface area contributed by atoms with Crippen molar-refractivity contribution in [3.8, 4) is 17.2 Å². The number of hydrogen-bond acceptors (Lipinski definition) is 5. The molecule has 0 amide bonds. The van der Waals surface area contributed by atoms with Gasteiger partial charge in [0.05, 0.1) is 17.9 Å². The number of nitrogens with zero attached hydrogens (tertiary/aromatic N) is 1. The van der Waals surface area contributed by atoms with Crippen molar-refractivity contribution in [3.63, 3.8) is 0 Å². The maximum atomic E-state index is 12.5. The van der Waals surface area contributed by atoms with E-state index in [-0.39, 0.29) is 11.5 Å². The third-order valence-electron chi connectivity index (χ3n) is 5.68. The van der Waals surface area contributed by atoms with E-state index >= 15 is 0 Å². The molecule has 3 rings (SSSR count). The van der Waals surface area contributed by atoms with Gasteiger partial charge in [0.25, 0.3) is 0 Å². The van der Waals surface area contributed by atoms with E-state index in [9.17, 15) is 9.90 Å². The summed E-state index contributed by atoms with van der Waals surface area (Å²) in [5.74, 6) is 0.486. The van der Waals surface area contributed by atoms with Crippen LogP contribution in [-0.4, -0.2) is 23.9 Å². The lowest BCUT2D eigenvalue weighted by Gasteiger charge is -2.08. The Kier molecular flexibility index (Phi) is 10.4. The molecule has 0 fully saturated rings. The van der Waals surface area contributed by atoms with Crippen molar-refractivity contribution in [2.45, 2.75) is 58.8 Å². The number of carbonyl (C=O) groups is 1. The largest absolute Gasteiger partial charge is 0.507 e. The van der Waals surface area contributed by atoms with Gasteiger partial charge >= 0.3 is 5.97 Å². The Labute approximate surface area is 208 Å². The predicted octanol–water partition coefficient (Wildman–Crippen LogP) is 7.66. The second kappa shape index (κ2) is 14.0. The van der Waals surface area contributed by atoms with Crippen LogP contribution in [0.15, 0.2) is 71.7 Å². The van der Waals surface area contributed by atoms with E-state index in [1.807, 2.05) is 12.1 Å². The lowest BCUT2D eigenvalue weighted by Crippen LogP contribution is -2.08. The van der Waals surface area contributed by atoms with Crippen molar-refractivity contribution < 1.29 is 19.4 Å². The lowest BCUT2D eigenvalue weighted by atomic mass is 10.1. The zero-order valence-electron chi connectivity index (χ0n) is 20.7. The molecule has 35 heavy (non-hydrogen) atoms. The molecule has 0 saturated heterocycles. The molecule has 1 N–H and O–H groups in total. The summed E-state index contributed by atoms with van der Waals surface area (Å²) >= 11 is 0. The molecule has 0 aliphatic rings. The van der Waals surface area contributed by atoms with E-state index in [4.69, 9.17) is 9.47 Å². The molecular weight excluding hydrogens is 438 g/mol. The summed E-state index contributed by atoms with van der Waals surface area (Å²) in [7, 11) is 0. The number of hydrogen-bond donors (Lipinski definition) is 1. The van der Waals surface area contributed by atoms with Gasteiger partial charge in [-0.1, -0.05) is 51.7 Å². The maximum absolute atomic E-state index is 12.5. The number of ether oxygens (including phenoxy) is 2. The summed E-state index contributed by atoms with van der Waals surface area (Å²) in [6.45, 7) is 5.01. The van der Waals surface area contributed by atoms with Crippen LogP contribution in [0.1, 0.15) is 73.9 Å². The first-order chi connectivity index (χ1) is 17.1. The summed E-state index contributed by atoms with van der Waals surface area (Å²) in [5, 5.41) is 10.4. The first kappa shape index (κ1) is 26.0. The van der Waals surface area contributed by atoms with Gasteiger partial charge in [0.15, 0.2) is 0 Å². The summed E-state index contributed by atoms with van der Waals surface area (Å²) < 4.78 is 11.1. The van der Waals surface area contributed by atoms with Gasteiger partial charge < -0.3 is 14.6 Å². The molecule has 0 unspecified atom stereocenters. The quantitative estimate of drug-likeness (QED) is 0.120. The Hall–Kier alpha value is -3.60. The number of aliphatic imine (C=N–C) groups is 1. The number of benzene rings is 3. The molecule has 5 heteroatoms. The first-order valence-corrected chi connectivity index (χ1v) is 12.5. The van der Waals surface area contributed by atoms with Crippen LogP contribution < -0.4 is 9.47 Å². The third-order valence-corrected chi connectivity index (χ3v) is 5.68. The van der Waals surface area contributed by atoms with Gasteiger partial charge in [-0.15, -0.1) is 0 Å². The highest BCUT2D eigenvalue weighted by molar-refractivity contribution is 5.91. The standard InChI is InChI=1S/C30H35NO4/c1-3-5-7-9-23-10-15-26(16-11-23)31-22-25-14-19-28(21-29(25)32)35-30(33)24-12-17-27(18-13-24)34-20-8-6-4-2/h10-19,21-22,32H,3-9,20H2,1-2H3. The van der Waals surface area contributed by atoms with Crippen molar-refractivity contribution >= 4 is 17.9 Å². The molecule has 0 bridgehead atoms. The van der Waals surface area contributed by atoms with E-state index in [2.05, 4.69) is 31.0 Å². The third kappa shape index (κ3) is 8.60. The zero-order chi connectivity index (χ0) is 24.9. The molecule has 0 radical (unpaired) electrons. The molecule has 0 aliphatic carbocycles. The number of unbranched alkanes of at least 4 members (excludes halogenated alkanes) is 4. The number of aromatic hydroxyl groups is 1. The SMILES string of the molecule is CCCCCOc1ccc(C(=O)Oc2ccc(C=Nc3ccc(CCCCC)cc3)c(O)c2)cc1. The Morgan fingerprint density at radius 2 is 1.54 bits per heavy atom. The van der Waals surface area contributed by atoms with Crippen molar-refractivity contribution in [2.24, 2.45) is 4.99 Å². The Bertz CT molecular complexity index is 1090. The average Bonchev–Trinajstić information content (AvgIpc) is 2.87. The normalized spacial score (nSPS) is 11.0. The van der Waals surface area contributed by atoms with E-state index in [0.717, 1.165) is 37.1 Å². The number of phenolic OH excluding ortho intramolecular Hbond substituents is 1. The lowest BCUT2D eigenvalue weighted by molar-refractivity contribution is 0.0734. The smallest absolute Gasteiger partial charge is 0.343 e. The molecule has 3 aromatic carbocycles. The van der Waals surface area contributed by atoms with Crippen LogP contribution in [0.25, 0.3) is 0 Å². The van der Waals surface area contributed by atoms with Gasteiger partial charge in [0.2, 0.25) is 0 Å². The molecule has 0 aliphatic heterocycles. The average molecular weight is 474 g/mol. The maximum Gasteiger partial charge on any atom is 0.343 e. The summed E-state index contributed by atoms with van der Waals surface area (Å²) in [5.41, 5.74) is 3.08. The molecule has 0 spiro atoms. The zero-order valence-corrected chi connectivity index (χ0v) is 20.7. The Morgan fingerprint density at radius 3 is 2.23 bits per heavy atom. The van der Waals surface area contributed by atoms with E-state index < -0.39 is 5.97 Å². The fourth-order valence-electron chi connectivity index (χ4n) is 3.56. The predicted molar refractivity (Wildman–Crippen MR) is 141 cm³/mol. The van der Waals surface area contributed by atoms with E-state index in [1.165, 1.54) is 30.9 Å². The second-order valence-corrected chi connectivity index (χ2v) is 8.57. The Morgan fingerprint density at radius 1 is 0.857 bits per heavy atom. The monoisotopic (exact) mass is 473 g/mol. The van der Waals surface area contributed by atoms with Gasteiger partial charge in [0.1, 0.15) is 17.2 Å². The van der Waals surface area contributed by atoms with Crippen molar-refractivity contribution in [1.82, 2.24) is 0 Å². The van der Waals surface area contributed by atoms with Crippen LogP contribution in [0.5, 0.6) is 17.2 Å². The fourth-order valence-corrected chi connectivity index (χ4v) is 3.56. The van der Waals surface area contributed by atoms with Crippen molar-refractivity contribution in [3.05, 3.63) is 83.4 Å². The number of esters is 1. The van der Waals surface area contributed by atoms with Crippen LogP contribution in [0, 0.1) is 0 Å². The van der Waals surface area contributed by atoms with Gasteiger partial charge in [-0.2, -0.15) is 0 Å². The molecule has 3 aromatic rings. The van der Waals surface area contributed by atoms with E-state index in [0.29, 0.717) is 17.7 Å². The van der Waals surface area contributed by atoms with Crippen LogP contribution in [0.4, 0.5) is 5.69 Å². The number of rotatable bonds is 13. The number of carbonyl (C=O) groups excluding carboxylic acids is 1. The first-order valence-electron chi connectivity index (χ1n) is 12.5. The molecular formula is C30H35NO4. The molecule has 0 aromatic heterocycles. The molecule has 5 nitrogen and oxygen atoms in total. The highest BCUT2D eigenvalue weighted by Gasteiger charge is 2.10. The highest BCUT2D eigenvalue weighted by atomic mass is 16.5. The van der Waals surface area contributed by atoms with Crippen molar-refractivity contribution in [1.29, 1.82) is 0 Å². The molecule has 0 heterocycles. The van der Waals surface area contributed by atoms with Crippen LogP contribution in [-0.2, 0) is 6.42 Å². The van der Waals surface area contributed by atoms with Crippen LogP contribution in [0.2, 0.25) is 0 Å². The molecule has 0 saturated carbocycles. The summed E-state index contributed by atoms with van der Waals surface area (Å²) in [4.78, 5) is 16.9. The minimum Gasteiger partial charge on any atom is -0.507 e. The molecule has 0 atom stereocenters. The second-order valence-electron chi connectivity index (χ2n) is 8.57. The van der Waals surface area contributed by atoms with Crippen LogP contribution >= 0.6 is 0 Å². The number of phenols is 1. The van der Waals surface area contributed by atoms with Crippen LogP contribution in [0.3, 0.4) is 0 Å². The minimum absolute atomic E-state index is 0.00828. The van der Waals surface area contributed by atoms with Crippen molar-refractivity contribution in [2.75, 3.05) is 6.61 Å². The summed E-state index contributed by atoms with van der Waals surface area (Å²) in [6, 6.07) is 19.7. The van der Waals surface area contributed by atoms with Gasteiger partial charge in [-0.25, -0.2) is 4.79 Å². The minimum atomic E-state index is -0.498.